The van der Waals surface area contributed by atoms with Crippen molar-refractivity contribution in [2.45, 2.75) is 39.2 Å². The van der Waals surface area contributed by atoms with Gasteiger partial charge in [-0.3, -0.25) is 4.79 Å². The molecule has 1 N–H and O–H groups in total. The molecule has 1 saturated heterocycles. The Balaban J connectivity index is 1.84. The molecule has 1 atom stereocenters. The van der Waals surface area contributed by atoms with Crippen LogP contribution in [0, 0.1) is 6.92 Å². The van der Waals surface area contributed by atoms with Gasteiger partial charge in [0.25, 0.3) is 0 Å². The molecule has 104 valence electrons. The van der Waals surface area contributed by atoms with Crippen molar-refractivity contribution >= 4 is 5.91 Å². The fourth-order valence-electron chi connectivity index (χ4n) is 2.68. The molecule has 1 aliphatic heterocycles. The van der Waals surface area contributed by atoms with Gasteiger partial charge in [-0.05, 0) is 44.2 Å². The summed E-state index contributed by atoms with van der Waals surface area (Å²) >= 11 is 0. The van der Waals surface area contributed by atoms with Gasteiger partial charge in [0.2, 0.25) is 5.91 Å². The van der Waals surface area contributed by atoms with Crippen LogP contribution in [0.5, 0.6) is 0 Å². The molecular formula is C16H24N2O. The molecule has 0 aliphatic carbocycles. The second-order valence-corrected chi connectivity index (χ2v) is 5.40. The van der Waals surface area contributed by atoms with Crippen LogP contribution in [0.3, 0.4) is 0 Å². The number of nitrogens with zero attached hydrogens (tertiary/aromatic N) is 1. The largest absolute Gasteiger partial charge is 0.342 e. The first-order valence-corrected chi connectivity index (χ1v) is 7.25. The van der Waals surface area contributed by atoms with E-state index in [1.54, 1.807) is 0 Å². The third-order valence-corrected chi connectivity index (χ3v) is 3.92. The number of carbonyl (C=O) groups excluding carboxylic acids is 1. The van der Waals surface area contributed by atoms with Crippen molar-refractivity contribution in [1.82, 2.24) is 10.2 Å². The lowest BCUT2D eigenvalue weighted by Crippen LogP contribution is -2.41. The highest BCUT2D eigenvalue weighted by Crippen LogP contribution is 2.16. The lowest BCUT2D eigenvalue weighted by molar-refractivity contribution is -0.131. The molecule has 0 bridgehead atoms. The summed E-state index contributed by atoms with van der Waals surface area (Å²) in [6, 6.07) is 8.55. The number of carbonyl (C=O) groups is 1. The monoisotopic (exact) mass is 260 g/mol. The maximum atomic E-state index is 12.1. The number of piperidine rings is 1. The first-order chi connectivity index (χ1) is 9.18. The van der Waals surface area contributed by atoms with Crippen molar-refractivity contribution in [3.8, 4) is 0 Å². The minimum absolute atomic E-state index is 0.218. The van der Waals surface area contributed by atoms with E-state index >= 15 is 0 Å². The average molecular weight is 260 g/mol. The van der Waals surface area contributed by atoms with E-state index in [2.05, 4.69) is 31.3 Å². The van der Waals surface area contributed by atoms with Gasteiger partial charge in [0.1, 0.15) is 0 Å². The van der Waals surface area contributed by atoms with Crippen molar-refractivity contribution in [2.75, 3.05) is 19.6 Å². The van der Waals surface area contributed by atoms with Gasteiger partial charge in [-0.25, -0.2) is 0 Å². The number of aryl methyl sites for hydroxylation is 1. The molecule has 1 unspecified atom stereocenters. The summed E-state index contributed by atoms with van der Waals surface area (Å²) in [5, 5.41) is 3.35. The highest BCUT2D eigenvalue weighted by atomic mass is 16.2. The van der Waals surface area contributed by atoms with E-state index in [1.807, 2.05) is 17.0 Å². The SMILES string of the molecule is Cc1ccccc1C(C)NCC(=O)N1CCCCC1. The van der Waals surface area contributed by atoms with Crippen LogP contribution < -0.4 is 5.32 Å². The number of amides is 1. The Labute approximate surface area is 116 Å². The van der Waals surface area contributed by atoms with Gasteiger partial charge in [0.15, 0.2) is 0 Å². The molecule has 2 rings (SSSR count). The maximum Gasteiger partial charge on any atom is 0.236 e. The van der Waals surface area contributed by atoms with Crippen LogP contribution in [0.1, 0.15) is 43.4 Å². The molecule has 3 heteroatoms. The zero-order valence-electron chi connectivity index (χ0n) is 12.0. The Hall–Kier alpha value is -1.35. The Morgan fingerprint density at radius 1 is 1.26 bits per heavy atom. The van der Waals surface area contributed by atoms with Crippen LogP contribution >= 0.6 is 0 Å². The Morgan fingerprint density at radius 2 is 1.95 bits per heavy atom. The molecule has 0 spiro atoms. The summed E-state index contributed by atoms with van der Waals surface area (Å²) < 4.78 is 0. The molecule has 0 radical (unpaired) electrons. The van der Waals surface area contributed by atoms with Crippen LogP contribution in [0.2, 0.25) is 0 Å². The van der Waals surface area contributed by atoms with Crippen LogP contribution in [0.15, 0.2) is 24.3 Å². The predicted octanol–water partition coefficient (Wildman–Crippen LogP) is 2.66. The van der Waals surface area contributed by atoms with E-state index in [9.17, 15) is 4.79 Å². The zero-order chi connectivity index (χ0) is 13.7. The average Bonchev–Trinajstić information content (AvgIpc) is 2.46. The van der Waals surface area contributed by atoms with Gasteiger partial charge < -0.3 is 10.2 Å². The van der Waals surface area contributed by atoms with E-state index < -0.39 is 0 Å². The van der Waals surface area contributed by atoms with Gasteiger partial charge in [-0.15, -0.1) is 0 Å². The number of likely N-dealkylation sites (tertiary alicyclic amines) is 1. The third-order valence-electron chi connectivity index (χ3n) is 3.92. The van der Waals surface area contributed by atoms with Crippen LogP contribution in [0.4, 0.5) is 0 Å². The minimum atomic E-state index is 0.218. The lowest BCUT2D eigenvalue weighted by Gasteiger charge is -2.27. The summed E-state index contributed by atoms with van der Waals surface area (Å²) in [5.41, 5.74) is 2.54. The fourth-order valence-corrected chi connectivity index (χ4v) is 2.68. The highest BCUT2D eigenvalue weighted by Gasteiger charge is 2.17. The smallest absolute Gasteiger partial charge is 0.236 e. The summed E-state index contributed by atoms with van der Waals surface area (Å²) in [6.07, 6.45) is 3.56. The fraction of sp³-hybridized carbons (Fsp3) is 0.562. The summed E-state index contributed by atoms with van der Waals surface area (Å²) in [7, 11) is 0. The van der Waals surface area contributed by atoms with Gasteiger partial charge in [-0.1, -0.05) is 24.3 Å². The Morgan fingerprint density at radius 3 is 2.63 bits per heavy atom. The number of rotatable bonds is 4. The standard InChI is InChI=1S/C16H24N2O/c1-13-8-4-5-9-15(13)14(2)17-12-16(19)18-10-6-3-7-11-18/h4-5,8-9,14,17H,3,6-7,10-12H2,1-2H3. The predicted molar refractivity (Wildman–Crippen MR) is 78.0 cm³/mol. The number of nitrogens with one attached hydrogen (secondary N) is 1. The molecule has 19 heavy (non-hydrogen) atoms. The molecule has 1 aromatic rings. The molecule has 0 aromatic heterocycles. The van der Waals surface area contributed by atoms with Crippen LogP contribution in [-0.2, 0) is 4.79 Å². The van der Waals surface area contributed by atoms with Gasteiger partial charge in [-0.2, -0.15) is 0 Å². The molecule has 0 saturated carbocycles. The van der Waals surface area contributed by atoms with E-state index in [-0.39, 0.29) is 11.9 Å². The number of benzene rings is 1. The van der Waals surface area contributed by atoms with Crippen molar-refractivity contribution in [1.29, 1.82) is 0 Å². The minimum Gasteiger partial charge on any atom is -0.342 e. The molecular weight excluding hydrogens is 236 g/mol. The number of hydrogen-bond acceptors (Lipinski definition) is 2. The molecule has 3 nitrogen and oxygen atoms in total. The van der Waals surface area contributed by atoms with Crippen LogP contribution in [0.25, 0.3) is 0 Å². The topological polar surface area (TPSA) is 32.3 Å². The second-order valence-electron chi connectivity index (χ2n) is 5.40. The highest BCUT2D eigenvalue weighted by molar-refractivity contribution is 5.78. The molecule has 1 heterocycles. The Kier molecular flexibility index (Phi) is 4.97. The van der Waals surface area contributed by atoms with E-state index in [0.29, 0.717) is 6.54 Å². The van der Waals surface area contributed by atoms with Crippen molar-refractivity contribution < 1.29 is 4.79 Å². The Bertz CT molecular complexity index is 425. The van der Waals surface area contributed by atoms with Gasteiger partial charge in [0.05, 0.1) is 6.54 Å². The molecule has 1 fully saturated rings. The molecule has 1 aliphatic rings. The third kappa shape index (κ3) is 3.80. The molecule has 1 aromatic carbocycles. The maximum absolute atomic E-state index is 12.1. The number of hydrogen-bond donors (Lipinski definition) is 1. The summed E-state index contributed by atoms with van der Waals surface area (Å²) in [5.74, 6) is 0.236. The quantitative estimate of drug-likeness (QED) is 0.902. The van der Waals surface area contributed by atoms with Crippen LogP contribution in [-0.4, -0.2) is 30.4 Å². The van der Waals surface area contributed by atoms with E-state index in [0.717, 1.165) is 25.9 Å². The summed E-state index contributed by atoms with van der Waals surface area (Å²) in [6.45, 7) is 6.53. The molecule has 1 amide bonds. The lowest BCUT2D eigenvalue weighted by atomic mass is 10.0. The van der Waals surface area contributed by atoms with Crippen molar-refractivity contribution in [3.63, 3.8) is 0 Å². The van der Waals surface area contributed by atoms with Gasteiger partial charge in [0, 0.05) is 19.1 Å². The van der Waals surface area contributed by atoms with Crippen molar-refractivity contribution in [3.05, 3.63) is 35.4 Å². The van der Waals surface area contributed by atoms with Crippen molar-refractivity contribution in [2.24, 2.45) is 0 Å². The van der Waals surface area contributed by atoms with E-state index in [4.69, 9.17) is 0 Å². The summed E-state index contributed by atoms with van der Waals surface area (Å²) in [4.78, 5) is 14.1. The first-order valence-electron chi connectivity index (χ1n) is 7.25. The first kappa shape index (κ1) is 14.1. The second kappa shape index (κ2) is 6.71. The van der Waals surface area contributed by atoms with Gasteiger partial charge >= 0.3 is 0 Å². The zero-order valence-corrected chi connectivity index (χ0v) is 12.0. The van der Waals surface area contributed by atoms with E-state index in [1.165, 1.54) is 17.5 Å². The normalized spacial score (nSPS) is 17.3.